The standard InChI is InChI=1S/C7H11O/c1-3-4-7(2)5-6-8/h2-5H2,1H3. The maximum absolute atomic E-state index is 9.70. The van der Waals surface area contributed by atoms with Crippen molar-refractivity contribution in [2.24, 2.45) is 0 Å². The Hall–Kier alpha value is -0.590. The quantitative estimate of drug-likeness (QED) is 0.506. The van der Waals surface area contributed by atoms with Crippen molar-refractivity contribution in [2.45, 2.75) is 26.2 Å². The van der Waals surface area contributed by atoms with Gasteiger partial charge in [-0.15, -0.1) is 0 Å². The summed E-state index contributed by atoms with van der Waals surface area (Å²) < 4.78 is 0. The topological polar surface area (TPSA) is 17.1 Å². The summed E-state index contributed by atoms with van der Waals surface area (Å²) in [6, 6.07) is 0. The highest BCUT2D eigenvalue weighted by atomic mass is 16.1. The Labute approximate surface area is 50.4 Å². The van der Waals surface area contributed by atoms with Gasteiger partial charge in [-0.3, -0.25) is 4.79 Å². The maximum Gasteiger partial charge on any atom is 0.202 e. The molecule has 8 heavy (non-hydrogen) atoms. The molecule has 45 valence electrons. The second kappa shape index (κ2) is 4.57. The van der Waals surface area contributed by atoms with Gasteiger partial charge in [0.2, 0.25) is 6.29 Å². The minimum absolute atomic E-state index is 0.411. The molecule has 0 atom stereocenters. The van der Waals surface area contributed by atoms with Gasteiger partial charge >= 0.3 is 0 Å². The molecule has 0 unspecified atom stereocenters. The van der Waals surface area contributed by atoms with Gasteiger partial charge < -0.3 is 0 Å². The SMILES string of the molecule is C=C(C[C]=O)CCC. The second-order valence-corrected chi connectivity index (χ2v) is 1.82. The summed E-state index contributed by atoms with van der Waals surface area (Å²) >= 11 is 0. The lowest BCUT2D eigenvalue weighted by Crippen LogP contribution is -1.80. The van der Waals surface area contributed by atoms with Gasteiger partial charge in [-0.25, -0.2) is 0 Å². The van der Waals surface area contributed by atoms with E-state index in [1.54, 1.807) is 6.29 Å². The van der Waals surface area contributed by atoms with Crippen LogP contribution in [0.2, 0.25) is 0 Å². The molecule has 0 rings (SSSR count). The van der Waals surface area contributed by atoms with Crippen LogP contribution >= 0.6 is 0 Å². The summed E-state index contributed by atoms with van der Waals surface area (Å²) in [7, 11) is 0. The van der Waals surface area contributed by atoms with E-state index in [-0.39, 0.29) is 0 Å². The lowest BCUT2D eigenvalue weighted by Gasteiger charge is -1.92. The smallest absolute Gasteiger partial charge is 0.202 e. The number of allylic oxidation sites excluding steroid dienone is 1. The van der Waals surface area contributed by atoms with Gasteiger partial charge in [0.25, 0.3) is 0 Å². The van der Waals surface area contributed by atoms with Crippen LogP contribution in [-0.2, 0) is 4.79 Å². The summed E-state index contributed by atoms with van der Waals surface area (Å²) in [6.07, 6.45) is 4.24. The molecule has 1 heteroatoms. The van der Waals surface area contributed by atoms with E-state index < -0.39 is 0 Å². The number of hydrogen-bond donors (Lipinski definition) is 0. The molecule has 0 heterocycles. The van der Waals surface area contributed by atoms with Crippen LogP contribution < -0.4 is 0 Å². The molecule has 0 spiro atoms. The van der Waals surface area contributed by atoms with E-state index in [1.807, 2.05) is 0 Å². The first-order valence-electron chi connectivity index (χ1n) is 2.83. The van der Waals surface area contributed by atoms with E-state index in [9.17, 15) is 4.79 Å². The summed E-state index contributed by atoms with van der Waals surface area (Å²) in [5.41, 5.74) is 0.988. The zero-order valence-electron chi connectivity index (χ0n) is 5.24. The van der Waals surface area contributed by atoms with E-state index in [4.69, 9.17) is 0 Å². The van der Waals surface area contributed by atoms with Crippen molar-refractivity contribution in [2.75, 3.05) is 0 Å². The third kappa shape index (κ3) is 3.59. The van der Waals surface area contributed by atoms with Crippen molar-refractivity contribution >= 4 is 6.29 Å². The van der Waals surface area contributed by atoms with Crippen LogP contribution in [0.15, 0.2) is 12.2 Å². The highest BCUT2D eigenvalue weighted by Gasteiger charge is 1.88. The Kier molecular flexibility index (Phi) is 4.23. The Morgan fingerprint density at radius 2 is 2.38 bits per heavy atom. The number of carbonyl (C=O) groups excluding carboxylic acids is 1. The van der Waals surface area contributed by atoms with E-state index in [0.717, 1.165) is 18.4 Å². The molecule has 0 amide bonds. The molecule has 0 aromatic carbocycles. The van der Waals surface area contributed by atoms with Gasteiger partial charge in [-0.05, 0) is 6.42 Å². The lowest BCUT2D eigenvalue weighted by molar-refractivity contribution is 0.554. The Bertz CT molecular complexity index is 84.4. The molecule has 0 saturated carbocycles. The van der Waals surface area contributed by atoms with Gasteiger partial charge in [0, 0.05) is 6.42 Å². The largest absolute Gasteiger partial charge is 0.291 e. The average molecular weight is 111 g/mol. The van der Waals surface area contributed by atoms with E-state index in [0.29, 0.717) is 6.42 Å². The summed E-state index contributed by atoms with van der Waals surface area (Å²) in [5.74, 6) is 0. The van der Waals surface area contributed by atoms with Crippen molar-refractivity contribution < 1.29 is 4.79 Å². The third-order valence-corrected chi connectivity index (χ3v) is 0.926. The first kappa shape index (κ1) is 7.41. The Morgan fingerprint density at radius 3 is 2.75 bits per heavy atom. The van der Waals surface area contributed by atoms with Crippen molar-refractivity contribution in [3.63, 3.8) is 0 Å². The third-order valence-electron chi connectivity index (χ3n) is 0.926. The molecule has 1 nitrogen and oxygen atoms in total. The molecule has 0 aliphatic heterocycles. The van der Waals surface area contributed by atoms with Gasteiger partial charge in [0.1, 0.15) is 0 Å². The molecule has 0 aliphatic carbocycles. The first-order chi connectivity index (χ1) is 3.81. The number of hydrogen-bond acceptors (Lipinski definition) is 1. The van der Waals surface area contributed by atoms with Crippen molar-refractivity contribution in [3.05, 3.63) is 12.2 Å². The highest BCUT2D eigenvalue weighted by Crippen LogP contribution is 2.03. The summed E-state index contributed by atoms with van der Waals surface area (Å²) in [4.78, 5) is 9.70. The minimum atomic E-state index is 0.411. The van der Waals surface area contributed by atoms with Crippen LogP contribution in [0.1, 0.15) is 26.2 Å². The van der Waals surface area contributed by atoms with Gasteiger partial charge in [-0.2, -0.15) is 0 Å². The van der Waals surface area contributed by atoms with E-state index >= 15 is 0 Å². The molecule has 0 N–H and O–H groups in total. The van der Waals surface area contributed by atoms with Crippen LogP contribution in [0.25, 0.3) is 0 Å². The Balaban J connectivity index is 3.18. The molecular weight excluding hydrogens is 100 g/mol. The summed E-state index contributed by atoms with van der Waals surface area (Å²) in [6.45, 7) is 5.74. The monoisotopic (exact) mass is 111 g/mol. The molecule has 0 fully saturated rings. The molecule has 0 aromatic rings. The lowest BCUT2D eigenvalue weighted by atomic mass is 10.1. The predicted molar refractivity (Wildman–Crippen MR) is 34.4 cm³/mol. The van der Waals surface area contributed by atoms with Crippen LogP contribution in [0.4, 0.5) is 0 Å². The fourth-order valence-electron chi connectivity index (χ4n) is 0.544. The van der Waals surface area contributed by atoms with Crippen LogP contribution in [0.5, 0.6) is 0 Å². The van der Waals surface area contributed by atoms with Crippen LogP contribution in [-0.4, -0.2) is 6.29 Å². The van der Waals surface area contributed by atoms with Gasteiger partial charge in [-0.1, -0.05) is 25.5 Å². The van der Waals surface area contributed by atoms with Crippen LogP contribution in [0.3, 0.4) is 0 Å². The molecular formula is C7H11O. The number of rotatable bonds is 4. The zero-order chi connectivity index (χ0) is 6.41. The van der Waals surface area contributed by atoms with E-state index in [2.05, 4.69) is 13.5 Å². The molecule has 0 aromatic heterocycles. The highest BCUT2D eigenvalue weighted by molar-refractivity contribution is 5.54. The fourth-order valence-corrected chi connectivity index (χ4v) is 0.544. The van der Waals surface area contributed by atoms with Gasteiger partial charge in [0.05, 0.1) is 0 Å². The maximum atomic E-state index is 9.70. The average Bonchev–Trinajstić information content (AvgIpc) is 1.68. The van der Waals surface area contributed by atoms with Crippen LogP contribution in [0, 0.1) is 0 Å². The zero-order valence-corrected chi connectivity index (χ0v) is 5.24. The van der Waals surface area contributed by atoms with Gasteiger partial charge in [0.15, 0.2) is 0 Å². The van der Waals surface area contributed by atoms with Crippen molar-refractivity contribution in [1.29, 1.82) is 0 Å². The predicted octanol–water partition coefficient (Wildman–Crippen LogP) is 1.84. The normalized spacial score (nSPS) is 8.62. The fraction of sp³-hybridized carbons (Fsp3) is 0.571. The van der Waals surface area contributed by atoms with Crippen molar-refractivity contribution in [1.82, 2.24) is 0 Å². The Morgan fingerprint density at radius 1 is 1.75 bits per heavy atom. The second-order valence-electron chi connectivity index (χ2n) is 1.82. The minimum Gasteiger partial charge on any atom is -0.291 e. The molecule has 0 aliphatic rings. The first-order valence-corrected chi connectivity index (χ1v) is 2.83. The molecule has 1 radical (unpaired) electrons. The summed E-state index contributed by atoms with van der Waals surface area (Å²) in [5, 5.41) is 0. The molecule has 0 saturated heterocycles. The molecule has 0 bridgehead atoms. The van der Waals surface area contributed by atoms with E-state index in [1.165, 1.54) is 0 Å². The van der Waals surface area contributed by atoms with Crippen molar-refractivity contribution in [3.8, 4) is 0 Å².